The molecular formula is C19H26N2O2. The maximum Gasteiger partial charge on any atom is 0.228 e. The molecule has 0 bridgehead atoms. The first-order valence-electron chi connectivity index (χ1n) is 8.70. The summed E-state index contributed by atoms with van der Waals surface area (Å²) >= 11 is 0. The summed E-state index contributed by atoms with van der Waals surface area (Å²) in [5.74, 6) is 0.151. The van der Waals surface area contributed by atoms with E-state index >= 15 is 0 Å². The van der Waals surface area contributed by atoms with Gasteiger partial charge < -0.3 is 9.80 Å². The van der Waals surface area contributed by atoms with Crippen LogP contribution in [0.2, 0.25) is 0 Å². The number of nitrogens with zero attached hydrogens (tertiary/aromatic N) is 2. The Bertz CT molecular complexity index is 564. The molecule has 1 saturated carbocycles. The van der Waals surface area contributed by atoms with Crippen molar-refractivity contribution in [2.24, 2.45) is 5.92 Å². The minimum Gasteiger partial charge on any atom is -0.342 e. The topological polar surface area (TPSA) is 40.6 Å². The fourth-order valence-corrected chi connectivity index (χ4v) is 3.48. The van der Waals surface area contributed by atoms with Crippen LogP contribution >= 0.6 is 0 Å². The van der Waals surface area contributed by atoms with Crippen molar-refractivity contribution in [3.63, 3.8) is 0 Å². The summed E-state index contributed by atoms with van der Waals surface area (Å²) in [5, 5.41) is 0. The number of likely N-dealkylation sites (tertiary alicyclic amines) is 1. The summed E-state index contributed by atoms with van der Waals surface area (Å²) < 4.78 is 0. The van der Waals surface area contributed by atoms with Crippen LogP contribution < -0.4 is 0 Å². The fraction of sp³-hybridized carbons (Fsp3) is 0.579. The van der Waals surface area contributed by atoms with Crippen LogP contribution in [0, 0.1) is 5.92 Å². The third-order valence-electron chi connectivity index (χ3n) is 4.83. The van der Waals surface area contributed by atoms with Crippen LogP contribution in [-0.4, -0.2) is 46.8 Å². The highest BCUT2D eigenvalue weighted by Gasteiger charge is 2.41. The van der Waals surface area contributed by atoms with Gasteiger partial charge in [-0.15, -0.1) is 0 Å². The Morgan fingerprint density at radius 2 is 1.96 bits per heavy atom. The molecule has 124 valence electrons. The van der Waals surface area contributed by atoms with Crippen molar-refractivity contribution in [3.05, 3.63) is 35.9 Å². The maximum absolute atomic E-state index is 12.8. The first-order chi connectivity index (χ1) is 11.1. The summed E-state index contributed by atoms with van der Waals surface area (Å²) in [6.45, 7) is 5.43. The van der Waals surface area contributed by atoms with E-state index in [1.807, 2.05) is 28.0 Å². The summed E-state index contributed by atoms with van der Waals surface area (Å²) in [7, 11) is 0. The van der Waals surface area contributed by atoms with Crippen molar-refractivity contribution in [1.82, 2.24) is 9.80 Å². The number of carbonyl (C=O) groups is 2. The van der Waals surface area contributed by atoms with Gasteiger partial charge in [-0.1, -0.05) is 30.3 Å². The lowest BCUT2D eigenvalue weighted by molar-refractivity contribution is -0.138. The molecule has 1 aromatic carbocycles. The van der Waals surface area contributed by atoms with E-state index in [2.05, 4.69) is 26.0 Å². The third kappa shape index (κ3) is 3.74. The molecule has 1 heterocycles. The minimum atomic E-state index is -0.152. The van der Waals surface area contributed by atoms with Crippen molar-refractivity contribution < 1.29 is 9.59 Å². The van der Waals surface area contributed by atoms with Crippen LogP contribution in [0.3, 0.4) is 0 Å². The van der Waals surface area contributed by atoms with Crippen LogP contribution in [0.4, 0.5) is 0 Å². The number of benzene rings is 1. The van der Waals surface area contributed by atoms with E-state index in [0.717, 1.165) is 19.3 Å². The third-order valence-corrected chi connectivity index (χ3v) is 4.83. The van der Waals surface area contributed by atoms with E-state index in [0.29, 0.717) is 25.6 Å². The molecule has 1 aliphatic carbocycles. The van der Waals surface area contributed by atoms with E-state index < -0.39 is 0 Å². The van der Waals surface area contributed by atoms with Gasteiger partial charge >= 0.3 is 0 Å². The number of hydrogen-bond donors (Lipinski definition) is 0. The van der Waals surface area contributed by atoms with Crippen molar-refractivity contribution in [2.45, 2.75) is 51.6 Å². The number of hydrogen-bond acceptors (Lipinski definition) is 2. The van der Waals surface area contributed by atoms with Crippen molar-refractivity contribution >= 4 is 11.8 Å². The predicted octanol–water partition coefficient (Wildman–Crippen LogP) is 2.48. The average molecular weight is 314 g/mol. The molecule has 4 heteroatoms. The zero-order valence-electron chi connectivity index (χ0n) is 14.1. The lowest BCUT2D eigenvalue weighted by Gasteiger charge is -2.29. The smallest absolute Gasteiger partial charge is 0.228 e. The normalized spacial score (nSPS) is 21.1. The number of carbonyl (C=O) groups excluding carboxylic acids is 2. The molecular weight excluding hydrogens is 288 g/mol. The van der Waals surface area contributed by atoms with Gasteiger partial charge in [-0.3, -0.25) is 9.59 Å². The Kier molecular flexibility index (Phi) is 4.69. The Labute approximate surface area is 138 Å². The highest BCUT2D eigenvalue weighted by atomic mass is 16.2. The molecule has 3 rings (SSSR count). The summed E-state index contributed by atoms with van der Waals surface area (Å²) in [4.78, 5) is 28.9. The van der Waals surface area contributed by atoms with Gasteiger partial charge in [0.05, 0.1) is 5.92 Å². The zero-order chi connectivity index (χ0) is 16.4. The standard InChI is InChI=1S/C19H26N2O2/c1-14(2)21(17-8-9-17)19(23)16-12-18(22)20(13-16)11-10-15-6-4-3-5-7-15/h3-7,14,16-17H,8-13H2,1-2H3. The maximum atomic E-state index is 12.8. The zero-order valence-corrected chi connectivity index (χ0v) is 14.1. The molecule has 1 saturated heterocycles. The largest absolute Gasteiger partial charge is 0.342 e. The van der Waals surface area contributed by atoms with E-state index in [4.69, 9.17) is 0 Å². The highest BCUT2D eigenvalue weighted by molar-refractivity contribution is 5.89. The SMILES string of the molecule is CC(C)N(C(=O)C1CC(=O)N(CCc2ccccc2)C1)C1CC1. The molecule has 2 amide bonds. The summed E-state index contributed by atoms with van der Waals surface area (Å²) in [6.07, 6.45) is 3.46. The van der Waals surface area contributed by atoms with Crippen LogP contribution in [0.25, 0.3) is 0 Å². The van der Waals surface area contributed by atoms with E-state index in [1.165, 1.54) is 5.56 Å². The van der Waals surface area contributed by atoms with Crippen molar-refractivity contribution in [2.75, 3.05) is 13.1 Å². The van der Waals surface area contributed by atoms with Gasteiger partial charge in [0, 0.05) is 31.6 Å². The molecule has 0 aromatic heterocycles. The van der Waals surface area contributed by atoms with Gasteiger partial charge in [-0.05, 0) is 38.7 Å². The second-order valence-corrected chi connectivity index (χ2v) is 7.05. The highest BCUT2D eigenvalue weighted by Crippen LogP contribution is 2.32. The molecule has 2 aliphatic rings. The molecule has 1 atom stereocenters. The predicted molar refractivity (Wildman–Crippen MR) is 89.8 cm³/mol. The van der Waals surface area contributed by atoms with Crippen LogP contribution in [0.5, 0.6) is 0 Å². The minimum absolute atomic E-state index is 0.124. The molecule has 23 heavy (non-hydrogen) atoms. The molecule has 4 nitrogen and oxygen atoms in total. The lowest BCUT2D eigenvalue weighted by Crippen LogP contribution is -2.43. The van der Waals surface area contributed by atoms with E-state index in [1.54, 1.807) is 0 Å². The Morgan fingerprint density at radius 3 is 2.57 bits per heavy atom. The number of amides is 2. The van der Waals surface area contributed by atoms with Crippen LogP contribution in [-0.2, 0) is 16.0 Å². The van der Waals surface area contributed by atoms with Crippen molar-refractivity contribution in [1.29, 1.82) is 0 Å². The quantitative estimate of drug-likeness (QED) is 0.809. The second kappa shape index (κ2) is 6.73. The number of rotatable bonds is 6. The first kappa shape index (κ1) is 16.0. The van der Waals surface area contributed by atoms with Gasteiger partial charge in [-0.2, -0.15) is 0 Å². The van der Waals surface area contributed by atoms with E-state index in [-0.39, 0.29) is 23.8 Å². The van der Waals surface area contributed by atoms with Crippen LogP contribution in [0.1, 0.15) is 38.7 Å². The van der Waals surface area contributed by atoms with Gasteiger partial charge in [-0.25, -0.2) is 0 Å². The van der Waals surface area contributed by atoms with Crippen LogP contribution in [0.15, 0.2) is 30.3 Å². The molecule has 1 aromatic rings. The van der Waals surface area contributed by atoms with Gasteiger partial charge in [0.25, 0.3) is 0 Å². The molecule has 2 fully saturated rings. The first-order valence-corrected chi connectivity index (χ1v) is 8.70. The Morgan fingerprint density at radius 1 is 1.26 bits per heavy atom. The molecule has 1 unspecified atom stereocenters. The monoisotopic (exact) mass is 314 g/mol. The average Bonchev–Trinajstić information content (AvgIpc) is 3.28. The summed E-state index contributed by atoms with van der Waals surface area (Å²) in [5.41, 5.74) is 1.23. The fourth-order valence-electron chi connectivity index (χ4n) is 3.48. The Balaban J connectivity index is 1.57. The van der Waals surface area contributed by atoms with Gasteiger partial charge in [0.1, 0.15) is 0 Å². The Hall–Kier alpha value is -1.84. The lowest BCUT2D eigenvalue weighted by atomic mass is 10.1. The molecule has 0 radical (unpaired) electrons. The van der Waals surface area contributed by atoms with Crippen molar-refractivity contribution in [3.8, 4) is 0 Å². The molecule has 1 aliphatic heterocycles. The molecule has 0 N–H and O–H groups in total. The van der Waals surface area contributed by atoms with Gasteiger partial charge in [0.15, 0.2) is 0 Å². The van der Waals surface area contributed by atoms with E-state index in [9.17, 15) is 9.59 Å². The van der Waals surface area contributed by atoms with Gasteiger partial charge in [0.2, 0.25) is 11.8 Å². The molecule has 0 spiro atoms. The summed E-state index contributed by atoms with van der Waals surface area (Å²) in [6, 6.07) is 10.8. The second-order valence-electron chi connectivity index (χ2n) is 7.05.